The van der Waals surface area contributed by atoms with E-state index in [1.807, 2.05) is 42.3 Å². The summed E-state index contributed by atoms with van der Waals surface area (Å²) in [5, 5.41) is 0.751. The molecule has 1 heterocycles. The molecule has 1 aromatic carbocycles. The van der Waals surface area contributed by atoms with Crippen LogP contribution in [0.2, 0.25) is 5.02 Å². The highest BCUT2D eigenvalue weighted by molar-refractivity contribution is 6.31. The van der Waals surface area contributed by atoms with Crippen molar-refractivity contribution in [2.75, 3.05) is 17.7 Å². The van der Waals surface area contributed by atoms with Gasteiger partial charge >= 0.3 is 0 Å². The van der Waals surface area contributed by atoms with Crippen LogP contribution in [0.25, 0.3) is 0 Å². The van der Waals surface area contributed by atoms with E-state index in [9.17, 15) is 0 Å². The van der Waals surface area contributed by atoms with Crippen LogP contribution in [-0.2, 0) is 6.54 Å². The highest BCUT2D eigenvalue weighted by Gasteiger charge is 2.29. The normalized spacial score (nSPS) is 20.5. The first-order chi connectivity index (χ1) is 10.5. The Morgan fingerprint density at radius 2 is 2.00 bits per heavy atom. The van der Waals surface area contributed by atoms with Crippen molar-refractivity contribution >= 4 is 23.4 Å². The highest BCUT2D eigenvalue weighted by Crippen LogP contribution is 2.36. The molecule has 1 aliphatic carbocycles. The summed E-state index contributed by atoms with van der Waals surface area (Å²) in [7, 11) is 1.97. The lowest BCUT2D eigenvalue weighted by atomic mass is 9.78. The zero-order valence-corrected chi connectivity index (χ0v) is 13.3. The van der Waals surface area contributed by atoms with Crippen molar-refractivity contribution in [2.45, 2.75) is 31.3 Å². The van der Waals surface area contributed by atoms with E-state index in [2.05, 4.69) is 9.97 Å². The molecule has 22 heavy (non-hydrogen) atoms. The molecule has 0 amide bonds. The minimum absolute atomic E-state index is 0.283. The van der Waals surface area contributed by atoms with Crippen LogP contribution in [0.15, 0.2) is 30.3 Å². The second-order valence-electron chi connectivity index (χ2n) is 5.89. The predicted molar refractivity (Wildman–Crippen MR) is 90.0 cm³/mol. The number of halogens is 1. The molecule has 3 rings (SSSR count). The van der Waals surface area contributed by atoms with Crippen LogP contribution in [0, 0.1) is 0 Å². The van der Waals surface area contributed by atoms with E-state index in [1.165, 1.54) is 0 Å². The molecule has 0 saturated heterocycles. The number of hydrogen-bond donors (Lipinski definition) is 2. The summed E-state index contributed by atoms with van der Waals surface area (Å²) in [5.41, 5.74) is 13.8. The minimum Gasteiger partial charge on any atom is -0.368 e. The molecular weight excluding hydrogens is 298 g/mol. The lowest BCUT2D eigenvalue weighted by Crippen LogP contribution is -2.35. The van der Waals surface area contributed by atoms with Gasteiger partial charge in [-0.2, -0.15) is 4.98 Å². The van der Waals surface area contributed by atoms with Gasteiger partial charge in [-0.1, -0.05) is 29.8 Å². The van der Waals surface area contributed by atoms with Gasteiger partial charge in [-0.05, 0) is 24.5 Å². The van der Waals surface area contributed by atoms with Gasteiger partial charge in [0.1, 0.15) is 5.82 Å². The molecule has 4 N–H and O–H groups in total. The van der Waals surface area contributed by atoms with Crippen molar-refractivity contribution < 1.29 is 0 Å². The maximum atomic E-state index is 6.22. The van der Waals surface area contributed by atoms with E-state index in [4.69, 9.17) is 23.1 Å². The van der Waals surface area contributed by atoms with Gasteiger partial charge in [0, 0.05) is 36.6 Å². The molecule has 1 aliphatic rings. The third kappa shape index (κ3) is 3.15. The third-order valence-corrected chi connectivity index (χ3v) is 4.47. The average Bonchev–Trinajstić information content (AvgIpc) is 2.45. The van der Waals surface area contributed by atoms with E-state index in [0.29, 0.717) is 18.4 Å². The molecule has 0 radical (unpaired) electrons. The number of aromatic nitrogens is 2. The molecule has 1 aromatic heterocycles. The van der Waals surface area contributed by atoms with Crippen molar-refractivity contribution in [3.05, 3.63) is 46.6 Å². The monoisotopic (exact) mass is 317 g/mol. The lowest BCUT2D eigenvalue weighted by Gasteiger charge is -2.32. The van der Waals surface area contributed by atoms with Gasteiger partial charge in [0.2, 0.25) is 5.95 Å². The quantitative estimate of drug-likeness (QED) is 0.905. The first kappa shape index (κ1) is 15.1. The Morgan fingerprint density at radius 1 is 1.27 bits per heavy atom. The van der Waals surface area contributed by atoms with Gasteiger partial charge in [-0.15, -0.1) is 0 Å². The fourth-order valence-corrected chi connectivity index (χ4v) is 2.94. The molecule has 6 heteroatoms. The first-order valence-corrected chi connectivity index (χ1v) is 7.75. The fraction of sp³-hybridized carbons (Fsp3) is 0.375. The molecular formula is C16H20ClN5. The van der Waals surface area contributed by atoms with Crippen molar-refractivity contribution in [1.29, 1.82) is 0 Å². The molecule has 2 aromatic rings. The average molecular weight is 318 g/mol. The second-order valence-corrected chi connectivity index (χ2v) is 6.29. The van der Waals surface area contributed by atoms with Gasteiger partial charge in [0.05, 0.1) is 5.69 Å². The summed E-state index contributed by atoms with van der Waals surface area (Å²) in [6, 6.07) is 10.1. The number of nitrogens with zero attached hydrogens (tertiary/aromatic N) is 3. The van der Waals surface area contributed by atoms with Crippen molar-refractivity contribution in [1.82, 2.24) is 9.97 Å². The van der Waals surface area contributed by atoms with E-state index in [1.54, 1.807) is 0 Å². The Balaban J connectivity index is 1.80. The van der Waals surface area contributed by atoms with Gasteiger partial charge in [-0.25, -0.2) is 4.98 Å². The summed E-state index contributed by atoms with van der Waals surface area (Å²) >= 11 is 6.22. The Morgan fingerprint density at radius 3 is 2.68 bits per heavy atom. The number of nitrogen functional groups attached to an aromatic ring is 1. The Labute approximate surface area is 135 Å². The summed E-state index contributed by atoms with van der Waals surface area (Å²) < 4.78 is 0. The van der Waals surface area contributed by atoms with E-state index >= 15 is 0 Å². The number of benzene rings is 1. The number of anilines is 2. The van der Waals surface area contributed by atoms with Gasteiger partial charge in [-0.3, -0.25) is 0 Å². The van der Waals surface area contributed by atoms with E-state index < -0.39 is 0 Å². The van der Waals surface area contributed by atoms with Crippen LogP contribution in [0.3, 0.4) is 0 Å². The molecule has 0 aliphatic heterocycles. The molecule has 0 unspecified atom stereocenters. The predicted octanol–water partition coefficient (Wildman–Crippen LogP) is 2.55. The second kappa shape index (κ2) is 6.10. The molecule has 0 atom stereocenters. The molecule has 0 bridgehead atoms. The van der Waals surface area contributed by atoms with Gasteiger partial charge < -0.3 is 16.4 Å². The number of rotatable bonds is 4. The van der Waals surface area contributed by atoms with Crippen molar-refractivity contribution in [3.8, 4) is 0 Å². The van der Waals surface area contributed by atoms with Crippen molar-refractivity contribution in [3.63, 3.8) is 0 Å². The molecule has 116 valence electrons. The van der Waals surface area contributed by atoms with E-state index in [0.717, 1.165) is 34.9 Å². The summed E-state index contributed by atoms with van der Waals surface area (Å²) in [6.45, 7) is 0.666. The molecule has 1 saturated carbocycles. The van der Waals surface area contributed by atoms with Gasteiger partial charge in [0.25, 0.3) is 0 Å². The van der Waals surface area contributed by atoms with Crippen LogP contribution < -0.4 is 16.4 Å². The summed E-state index contributed by atoms with van der Waals surface area (Å²) in [5.74, 6) is 1.51. The Hall–Kier alpha value is -1.85. The standard InChI is InChI=1S/C16H20ClN5/c1-22(9-10-4-2-3-5-13(10)17)15-8-14(20-16(19)21-15)11-6-12(18)7-11/h2-5,8,11-12H,6-7,9,18H2,1H3,(H2,19,20,21). The molecule has 1 fully saturated rings. The topological polar surface area (TPSA) is 81.1 Å². The smallest absolute Gasteiger partial charge is 0.222 e. The SMILES string of the molecule is CN(Cc1ccccc1Cl)c1cc(C2CC(N)C2)nc(N)n1. The van der Waals surface area contributed by atoms with Crippen LogP contribution in [0.5, 0.6) is 0 Å². The summed E-state index contributed by atoms with van der Waals surface area (Å²) in [4.78, 5) is 10.7. The lowest BCUT2D eigenvalue weighted by molar-refractivity contribution is 0.345. The maximum absolute atomic E-state index is 6.22. The van der Waals surface area contributed by atoms with Crippen LogP contribution in [0.1, 0.15) is 30.0 Å². The number of nitrogens with two attached hydrogens (primary N) is 2. The zero-order valence-electron chi connectivity index (χ0n) is 12.5. The van der Waals surface area contributed by atoms with Crippen LogP contribution in [-0.4, -0.2) is 23.1 Å². The third-order valence-electron chi connectivity index (χ3n) is 4.10. The van der Waals surface area contributed by atoms with E-state index in [-0.39, 0.29) is 6.04 Å². The minimum atomic E-state index is 0.283. The summed E-state index contributed by atoms with van der Waals surface area (Å²) in [6.07, 6.45) is 1.92. The Bertz CT molecular complexity index is 669. The fourth-order valence-electron chi connectivity index (χ4n) is 2.74. The molecule has 0 spiro atoms. The largest absolute Gasteiger partial charge is 0.368 e. The van der Waals surface area contributed by atoms with Crippen LogP contribution in [0.4, 0.5) is 11.8 Å². The highest BCUT2D eigenvalue weighted by atomic mass is 35.5. The maximum Gasteiger partial charge on any atom is 0.222 e. The first-order valence-electron chi connectivity index (χ1n) is 7.37. The zero-order chi connectivity index (χ0) is 15.7. The van der Waals surface area contributed by atoms with Crippen LogP contribution >= 0.6 is 11.6 Å². The molecule has 5 nitrogen and oxygen atoms in total. The number of hydrogen-bond acceptors (Lipinski definition) is 5. The van der Waals surface area contributed by atoms with Gasteiger partial charge in [0.15, 0.2) is 0 Å². The Kier molecular flexibility index (Phi) is 4.18. The van der Waals surface area contributed by atoms with Crippen molar-refractivity contribution in [2.24, 2.45) is 5.73 Å².